The summed E-state index contributed by atoms with van der Waals surface area (Å²) in [5.74, 6) is 0. The highest BCUT2D eigenvalue weighted by atomic mass is 16.2. The van der Waals surface area contributed by atoms with Crippen molar-refractivity contribution in [2.75, 3.05) is 10.1 Å². The lowest BCUT2D eigenvalue weighted by atomic mass is 9.24. The summed E-state index contributed by atoms with van der Waals surface area (Å²) in [4.78, 5) is 15.4. The third-order valence-corrected chi connectivity index (χ3v) is 5.94. The van der Waals surface area contributed by atoms with E-state index in [1.165, 1.54) is 5.46 Å². The van der Waals surface area contributed by atoms with E-state index in [0.717, 1.165) is 55.3 Å². The molecule has 0 saturated heterocycles. The smallest absolute Gasteiger partial charge is 0.286 e. The van der Waals surface area contributed by atoms with E-state index in [9.17, 15) is 4.79 Å². The van der Waals surface area contributed by atoms with Gasteiger partial charge in [-0.3, -0.25) is 4.79 Å². The van der Waals surface area contributed by atoms with Gasteiger partial charge >= 0.3 is 0 Å². The van der Waals surface area contributed by atoms with Crippen molar-refractivity contribution < 1.29 is 4.79 Å². The number of nitrogens with one attached hydrogen (secondary N) is 1. The Hall–Kier alpha value is -2.27. The zero-order valence-electron chi connectivity index (χ0n) is 17.3. The second-order valence-electron chi connectivity index (χ2n) is 7.65. The molecule has 0 unspecified atom stereocenters. The minimum atomic E-state index is -1.14. The number of nitrogens with zero attached hydrogens (tertiary/aromatic N) is 1. The average molecular weight is 367 g/mol. The number of quaternary nitrogens is 1. The summed E-state index contributed by atoms with van der Waals surface area (Å²) in [6, 6.07) is 16.7. The van der Waals surface area contributed by atoms with Crippen molar-refractivity contribution in [3.63, 3.8) is 0 Å². The predicted molar refractivity (Wildman–Crippen MR) is 120 cm³/mol. The Bertz CT molecular complexity index is 770. The quantitative estimate of drug-likeness (QED) is 0.564. The summed E-state index contributed by atoms with van der Waals surface area (Å²) in [6.07, 6.45) is 5.51. The first kappa shape index (κ1) is 21.0. The molecule has 2 aromatic carbocycles. The topological polar surface area (TPSA) is 68.8 Å². The summed E-state index contributed by atoms with van der Waals surface area (Å²) in [6.45, 7) is 6.57. The molecule has 1 aliphatic rings. The Labute approximate surface area is 163 Å². The van der Waals surface area contributed by atoms with Crippen molar-refractivity contribution in [1.29, 1.82) is 0 Å². The van der Waals surface area contributed by atoms with Gasteiger partial charge in [0.1, 0.15) is 6.28 Å². The third-order valence-electron chi connectivity index (χ3n) is 5.94. The number of rotatable bonds is 7. The van der Waals surface area contributed by atoms with E-state index < -0.39 is 6.28 Å². The van der Waals surface area contributed by atoms with Crippen molar-refractivity contribution in [1.82, 2.24) is 6.15 Å². The van der Waals surface area contributed by atoms with Crippen molar-refractivity contribution in [2.24, 2.45) is 0 Å². The maximum Gasteiger partial charge on any atom is 0.286 e. The summed E-state index contributed by atoms with van der Waals surface area (Å²) in [7, 11) is 0. The van der Waals surface area contributed by atoms with Gasteiger partial charge in [-0.05, 0) is 24.6 Å². The maximum atomic E-state index is 13.3. The number of hydrogen-bond donors (Lipinski definition) is 2. The molecule has 0 saturated carbocycles. The van der Waals surface area contributed by atoms with Gasteiger partial charge in [-0.25, -0.2) is 0 Å². The molecule has 5 heteroatoms. The van der Waals surface area contributed by atoms with Crippen molar-refractivity contribution >= 4 is 29.1 Å². The van der Waals surface area contributed by atoms with Crippen LogP contribution in [0, 0.1) is 6.92 Å². The Morgan fingerprint density at radius 3 is 2.15 bits per heavy atom. The first-order chi connectivity index (χ1) is 12.6. The minimum absolute atomic E-state index is 0. The van der Waals surface area contributed by atoms with Gasteiger partial charge in [0.15, 0.2) is 0 Å². The van der Waals surface area contributed by atoms with Crippen molar-refractivity contribution in [3.8, 4) is 0 Å². The highest BCUT2D eigenvalue weighted by molar-refractivity contribution is 6.99. The number of carbonyl (C=O) groups is 1. The van der Waals surface area contributed by atoms with E-state index in [-0.39, 0.29) is 12.2 Å². The Morgan fingerprint density at radius 2 is 1.52 bits per heavy atom. The summed E-state index contributed by atoms with van der Waals surface area (Å²) in [5, 5.41) is 3.15. The van der Waals surface area contributed by atoms with E-state index in [4.69, 9.17) is 0 Å². The van der Waals surface area contributed by atoms with E-state index >= 15 is 0 Å². The third kappa shape index (κ3) is 3.88. The minimum Gasteiger partial charge on any atom is -0.467 e. The zero-order valence-corrected chi connectivity index (χ0v) is 17.3. The number of para-hydroxylation sites is 2. The molecule has 0 bridgehead atoms. The molecule has 2 aromatic rings. The van der Waals surface area contributed by atoms with E-state index in [1.54, 1.807) is 0 Å². The normalized spacial score (nSPS) is 14.9. The number of amides is 2. The lowest BCUT2D eigenvalue weighted by Gasteiger charge is -2.56. The van der Waals surface area contributed by atoms with Gasteiger partial charge < -0.3 is 16.3 Å². The molecule has 3 rings (SSSR count). The van der Waals surface area contributed by atoms with Gasteiger partial charge in [-0.1, -0.05) is 75.9 Å². The number of unbranched alkanes of at least 4 members (excludes halogenated alkanes) is 2. The van der Waals surface area contributed by atoms with E-state index in [1.807, 2.05) is 18.2 Å². The van der Waals surface area contributed by atoms with Crippen LogP contribution in [0.4, 0.5) is 16.2 Å². The largest absolute Gasteiger partial charge is 0.467 e. The molecular formula is C22H34BN3O. The van der Waals surface area contributed by atoms with Crippen molar-refractivity contribution in [3.05, 3.63) is 54.1 Å². The van der Waals surface area contributed by atoms with Crippen LogP contribution < -0.4 is 21.7 Å². The highest BCUT2D eigenvalue weighted by Gasteiger charge is 2.40. The molecule has 5 N–H and O–H groups in total. The van der Waals surface area contributed by atoms with Crippen LogP contribution in [0.1, 0.15) is 45.1 Å². The fraction of sp³-hybridized carbons (Fsp3) is 0.409. The molecule has 0 atom stereocenters. The SMILES string of the molecule is CCCC[B-]1(CCCC)c2ccccc2NC(=O)N1c1ccccc1C.[NH4+]. The fourth-order valence-corrected chi connectivity index (χ4v) is 4.62. The molecule has 0 fully saturated rings. The summed E-state index contributed by atoms with van der Waals surface area (Å²) < 4.78 is 0. The van der Waals surface area contributed by atoms with Gasteiger partial charge in [0.05, 0.1) is 0 Å². The van der Waals surface area contributed by atoms with Crippen LogP contribution in [0.15, 0.2) is 48.5 Å². The zero-order chi connectivity index (χ0) is 18.6. The van der Waals surface area contributed by atoms with Crippen LogP contribution >= 0.6 is 0 Å². The number of carbonyl (C=O) groups excluding carboxylic acids is 1. The Morgan fingerprint density at radius 1 is 0.926 bits per heavy atom. The van der Waals surface area contributed by atoms with Crippen LogP contribution in [0.25, 0.3) is 0 Å². The molecule has 0 aliphatic carbocycles. The average Bonchev–Trinajstić information content (AvgIpc) is 2.65. The molecule has 0 spiro atoms. The van der Waals surface area contributed by atoms with E-state index in [2.05, 4.69) is 61.2 Å². The van der Waals surface area contributed by atoms with Crippen LogP contribution in [-0.4, -0.2) is 12.3 Å². The fourth-order valence-electron chi connectivity index (χ4n) is 4.62. The molecule has 27 heavy (non-hydrogen) atoms. The summed E-state index contributed by atoms with van der Waals surface area (Å²) >= 11 is 0. The van der Waals surface area contributed by atoms with Crippen LogP contribution in [0.5, 0.6) is 0 Å². The first-order valence-electron chi connectivity index (χ1n) is 10.1. The molecule has 1 heterocycles. The second-order valence-corrected chi connectivity index (χ2v) is 7.65. The van der Waals surface area contributed by atoms with E-state index in [0.29, 0.717) is 0 Å². The lowest BCUT2D eigenvalue weighted by molar-refractivity contribution is 0.259. The molecule has 146 valence electrons. The molecule has 0 aromatic heterocycles. The lowest BCUT2D eigenvalue weighted by Crippen LogP contribution is -2.69. The van der Waals surface area contributed by atoms with Crippen molar-refractivity contribution in [2.45, 2.75) is 59.1 Å². The molecule has 1 aliphatic heterocycles. The maximum absolute atomic E-state index is 13.3. The van der Waals surface area contributed by atoms with Gasteiger partial charge in [-0.15, -0.1) is 0 Å². The number of urea groups is 1. The Balaban J connectivity index is 0.00000261. The standard InChI is InChI=1S/C22H30BN2O.H3N/c1-4-6-16-23(17-7-5-2)19-13-9-10-14-20(19)24-22(26)25(23)21-15-11-8-12-18(21)3;/h8-15H,4-7,16-17H2,1-3H3,(H,24,26);1H3/q-1;/p+1. The van der Waals surface area contributed by atoms with Crippen LogP contribution in [-0.2, 0) is 0 Å². The predicted octanol–water partition coefficient (Wildman–Crippen LogP) is 6.18. The number of fused-ring (bicyclic) bond motifs is 1. The molecule has 2 amide bonds. The molecule has 4 nitrogen and oxygen atoms in total. The van der Waals surface area contributed by atoms with Gasteiger partial charge in [0, 0.05) is 11.4 Å². The van der Waals surface area contributed by atoms with Gasteiger partial charge in [0.2, 0.25) is 0 Å². The number of anilines is 2. The van der Waals surface area contributed by atoms with Crippen LogP contribution in [0.3, 0.4) is 0 Å². The molecule has 0 radical (unpaired) electrons. The number of benzene rings is 2. The summed E-state index contributed by atoms with van der Waals surface area (Å²) in [5.41, 5.74) is 4.51. The van der Waals surface area contributed by atoms with Gasteiger partial charge in [0.25, 0.3) is 6.03 Å². The van der Waals surface area contributed by atoms with Gasteiger partial charge in [-0.2, -0.15) is 18.1 Å². The number of hydrogen-bond acceptors (Lipinski definition) is 1. The Kier molecular flexibility index (Phi) is 7.08. The molecular weight excluding hydrogens is 333 g/mol. The number of aryl methyl sites for hydroxylation is 1. The second kappa shape index (κ2) is 9.09. The van der Waals surface area contributed by atoms with Crippen LogP contribution in [0.2, 0.25) is 12.6 Å². The first-order valence-corrected chi connectivity index (χ1v) is 10.1. The highest BCUT2D eigenvalue weighted by Crippen LogP contribution is 2.37. The monoisotopic (exact) mass is 367 g/mol.